The number of carbonyl (C=O) groups is 2. The van der Waals surface area contributed by atoms with Gasteiger partial charge in [-0.25, -0.2) is 5.01 Å². The van der Waals surface area contributed by atoms with Crippen LogP contribution >= 0.6 is 0 Å². The van der Waals surface area contributed by atoms with E-state index >= 15 is 0 Å². The number of rotatable bonds is 6. The fourth-order valence-electron chi connectivity index (χ4n) is 2.03. The lowest BCUT2D eigenvalue weighted by Crippen LogP contribution is -2.56. The molecule has 1 aliphatic rings. The Hall–Kier alpha value is -2.03. The third-order valence-corrected chi connectivity index (χ3v) is 3.23. The summed E-state index contributed by atoms with van der Waals surface area (Å²) in [5.74, 6) is -0.769. The Morgan fingerprint density at radius 3 is 2.64 bits per heavy atom. The monoisotopic (exact) mass is 308 g/mol. The number of carbonyl (C=O) groups excluding carboxylic acids is 2. The number of morpholine rings is 1. The molecule has 1 fully saturated rings. The molecule has 0 aliphatic carbocycles. The molecular weight excluding hydrogens is 288 g/mol. The largest absolute Gasteiger partial charge is 0.394 e. The van der Waals surface area contributed by atoms with Crippen molar-refractivity contribution in [1.82, 2.24) is 20.7 Å². The third-order valence-electron chi connectivity index (χ3n) is 3.23. The first-order valence-electron chi connectivity index (χ1n) is 7.11. The summed E-state index contributed by atoms with van der Waals surface area (Å²) >= 11 is 0. The first kappa shape index (κ1) is 16.3. The summed E-state index contributed by atoms with van der Waals surface area (Å²) in [6.07, 6.45) is 3.32. The van der Waals surface area contributed by atoms with Crippen LogP contribution in [0, 0.1) is 0 Å². The van der Waals surface area contributed by atoms with Gasteiger partial charge in [0.1, 0.15) is 6.04 Å². The zero-order valence-corrected chi connectivity index (χ0v) is 12.2. The van der Waals surface area contributed by atoms with Crippen molar-refractivity contribution in [2.24, 2.45) is 0 Å². The summed E-state index contributed by atoms with van der Waals surface area (Å²) in [6, 6.07) is 2.47. The number of aliphatic hydroxyl groups excluding tert-OH is 1. The quantitative estimate of drug-likeness (QED) is 0.589. The van der Waals surface area contributed by atoms with E-state index in [1.807, 2.05) is 0 Å². The van der Waals surface area contributed by atoms with Gasteiger partial charge in [0.2, 0.25) is 5.91 Å². The SMILES string of the molecule is O=C(Cc1ccncc1)NC(CO)C(=O)NN1CCOCC1. The van der Waals surface area contributed by atoms with Crippen LogP contribution in [0.3, 0.4) is 0 Å². The molecule has 2 amide bonds. The zero-order chi connectivity index (χ0) is 15.8. The average molecular weight is 308 g/mol. The minimum atomic E-state index is -0.975. The van der Waals surface area contributed by atoms with Gasteiger partial charge in [0.15, 0.2) is 0 Å². The lowest BCUT2D eigenvalue weighted by Gasteiger charge is -2.28. The second-order valence-electron chi connectivity index (χ2n) is 4.91. The number of nitrogens with one attached hydrogen (secondary N) is 2. The standard InChI is InChI=1S/C14H20N4O4/c19-10-12(14(21)17-18-5-7-22-8-6-18)16-13(20)9-11-1-3-15-4-2-11/h1-4,12,19H,5-10H2,(H,16,20)(H,17,21). The van der Waals surface area contributed by atoms with E-state index < -0.39 is 18.6 Å². The number of aliphatic hydroxyl groups is 1. The van der Waals surface area contributed by atoms with E-state index in [1.165, 1.54) is 0 Å². The maximum Gasteiger partial charge on any atom is 0.259 e. The van der Waals surface area contributed by atoms with Gasteiger partial charge < -0.3 is 15.2 Å². The molecule has 1 saturated heterocycles. The smallest absolute Gasteiger partial charge is 0.259 e. The van der Waals surface area contributed by atoms with Crippen molar-refractivity contribution in [3.8, 4) is 0 Å². The number of nitrogens with zero attached hydrogens (tertiary/aromatic N) is 2. The molecular formula is C14H20N4O4. The van der Waals surface area contributed by atoms with Gasteiger partial charge in [-0.1, -0.05) is 0 Å². The zero-order valence-electron chi connectivity index (χ0n) is 12.2. The third kappa shape index (κ3) is 5.06. The predicted molar refractivity (Wildman–Crippen MR) is 77.5 cm³/mol. The minimum absolute atomic E-state index is 0.129. The molecule has 1 unspecified atom stereocenters. The second kappa shape index (κ2) is 8.42. The number of hydrogen-bond acceptors (Lipinski definition) is 6. The molecule has 2 heterocycles. The fourth-order valence-corrected chi connectivity index (χ4v) is 2.03. The molecule has 8 nitrogen and oxygen atoms in total. The van der Waals surface area contributed by atoms with Gasteiger partial charge in [-0.05, 0) is 17.7 Å². The van der Waals surface area contributed by atoms with Crippen LogP contribution < -0.4 is 10.7 Å². The highest BCUT2D eigenvalue weighted by Crippen LogP contribution is 1.98. The molecule has 0 bridgehead atoms. The van der Waals surface area contributed by atoms with Crippen molar-refractivity contribution in [2.45, 2.75) is 12.5 Å². The summed E-state index contributed by atoms with van der Waals surface area (Å²) in [5.41, 5.74) is 3.46. The van der Waals surface area contributed by atoms with Crippen LogP contribution in [0.4, 0.5) is 0 Å². The molecule has 0 saturated carbocycles. The molecule has 22 heavy (non-hydrogen) atoms. The first-order chi connectivity index (χ1) is 10.7. The van der Waals surface area contributed by atoms with E-state index in [0.29, 0.717) is 26.3 Å². The topological polar surface area (TPSA) is 104 Å². The molecule has 1 aromatic rings. The van der Waals surface area contributed by atoms with Crippen LogP contribution in [-0.4, -0.2) is 65.9 Å². The summed E-state index contributed by atoms with van der Waals surface area (Å²) in [7, 11) is 0. The van der Waals surface area contributed by atoms with Crippen molar-refractivity contribution < 1.29 is 19.4 Å². The van der Waals surface area contributed by atoms with Crippen molar-refractivity contribution in [1.29, 1.82) is 0 Å². The second-order valence-corrected chi connectivity index (χ2v) is 4.91. The van der Waals surface area contributed by atoms with Gasteiger partial charge in [-0.15, -0.1) is 0 Å². The molecule has 1 aliphatic heterocycles. The van der Waals surface area contributed by atoms with E-state index in [4.69, 9.17) is 4.74 Å². The summed E-state index contributed by atoms with van der Waals surface area (Å²) < 4.78 is 5.18. The number of pyridine rings is 1. The summed E-state index contributed by atoms with van der Waals surface area (Å²) in [5, 5.41) is 13.5. The summed E-state index contributed by atoms with van der Waals surface area (Å²) in [6.45, 7) is 1.78. The molecule has 1 atom stereocenters. The number of ether oxygens (including phenoxy) is 1. The van der Waals surface area contributed by atoms with Crippen LogP contribution in [0.5, 0.6) is 0 Å². The number of hydrogen-bond donors (Lipinski definition) is 3. The first-order valence-corrected chi connectivity index (χ1v) is 7.11. The molecule has 0 aromatic carbocycles. The van der Waals surface area contributed by atoms with Crippen molar-refractivity contribution >= 4 is 11.8 Å². The Balaban J connectivity index is 1.82. The van der Waals surface area contributed by atoms with Gasteiger partial charge in [0, 0.05) is 25.5 Å². The van der Waals surface area contributed by atoms with Crippen LogP contribution in [0.2, 0.25) is 0 Å². The molecule has 3 N–H and O–H groups in total. The van der Waals surface area contributed by atoms with Crippen molar-refractivity contribution in [3.63, 3.8) is 0 Å². The van der Waals surface area contributed by atoms with E-state index in [0.717, 1.165) is 5.56 Å². The molecule has 8 heteroatoms. The van der Waals surface area contributed by atoms with Crippen LogP contribution in [0.15, 0.2) is 24.5 Å². The molecule has 2 rings (SSSR count). The van der Waals surface area contributed by atoms with Gasteiger partial charge in [-0.3, -0.25) is 20.0 Å². The number of aromatic nitrogens is 1. The van der Waals surface area contributed by atoms with Gasteiger partial charge in [0.25, 0.3) is 5.91 Å². The maximum absolute atomic E-state index is 12.1. The number of hydrazine groups is 1. The molecule has 0 spiro atoms. The highest BCUT2D eigenvalue weighted by Gasteiger charge is 2.22. The Labute approximate surface area is 128 Å². The maximum atomic E-state index is 12.1. The molecule has 0 radical (unpaired) electrons. The summed E-state index contributed by atoms with van der Waals surface area (Å²) in [4.78, 5) is 27.8. The highest BCUT2D eigenvalue weighted by atomic mass is 16.5. The normalized spacial score (nSPS) is 16.8. The Morgan fingerprint density at radius 1 is 1.32 bits per heavy atom. The van der Waals surface area contributed by atoms with Gasteiger partial charge >= 0.3 is 0 Å². The van der Waals surface area contributed by atoms with E-state index in [9.17, 15) is 14.7 Å². The van der Waals surface area contributed by atoms with Crippen LogP contribution in [0.1, 0.15) is 5.56 Å². The predicted octanol–water partition coefficient (Wildman–Crippen LogP) is -1.54. The fraction of sp³-hybridized carbons (Fsp3) is 0.500. The Bertz CT molecular complexity index is 491. The van der Waals surface area contributed by atoms with E-state index in [-0.39, 0.29) is 12.3 Å². The highest BCUT2D eigenvalue weighted by molar-refractivity contribution is 5.88. The van der Waals surface area contributed by atoms with Gasteiger partial charge in [0.05, 0.1) is 26.2 Å². The lowest BCUT2D eigenvalue weighted by atomic mass is 10.2. The van der Waals surface area contributed by atoms with Crippen LogP contribution in [0.25, 0.3) is 0 Å². The Morgan fingerprint density at radius 2 is 2.00 bits per heavy atom. The molecule has 1 aromatic heterocycles. The Kier molecular flexibility index (Phi) is 6.26. The van der Waals surface area contributed by atoms with Crippen molar-refractivity contribution in [2.75, 3.05) is 32.9 Å². The van der Waals surface area contributed by atoms with Gasteiger partial charge in [-0.2, -0.15) is 0 Å². The van der Waals surface area contributed by atoms with Crippen molar-refractivity contribution in [3.05, 3.63) is 30.1 Å². The number of amides is 2. The lowest BCUT2D eigenvalue weighted by molar-refractivity contribution is -0.134. The van der Waals surface area contributed by atoms with Crippen LogP contribution in [-0.2, 0) is 20.7 Å². The van der Waals surface area contributed by atoms with E-state index in [2.05, 4.69) is 15.7 Å². The average Bonchev–Trinajstić information content (AvgIpc) is 2.54. The molecule has 120 valence electrons. The minimum Gasteiger partial charge on any atom is -0.394 e. The van der Waals surface area contributed by atoms with E-state index in [1.54, 1.807) is 29.5 Å².